The van der Waals surface area contributed by atoms with Gasteiger partial charge in [0.25, 0.3) is 11.5 Å². The molecule has 2 heterocycles. The maximum atomic E-state index is 13.3. The van der Waals surface area contributed by atoms with Crippen LogP contribution in [0.25, 0.3) is 5.69 Å². The van der Waals surface area contributed by atoms with Crippen molar-refractivity contribution in [2.24, 2.45) is 0 Å². The van der Waals surface area contributed by atoms with Crippen LogP contribution in [0.15, 0.2) is 64.2 Å². The Morgan fingerprint density at radius 1 is 1.03 bits per heavy atom. The van der Waals surface area contributed by atoms with E-state index >= 15 is 0 Å². The van der Waals surface area contributed by atoms with Gasteiger partial charge in [-0.1, -0.05) is 41.9 Å². The number of hydrogen-bond donors (Lipinski definition) is 0. The number of hydrogen-bond acceptors (Lipinski definition) is 5. The summed E-state index contributed by atoms with van der Waals surface area (Å²) < 4.78 is 7.44. The van der Waals surface area contributed by atoms with E-state index in [9.17, 15) is 14.4 Å². The minimum atomic E-state index is -0.719. The Kier molecular flexibility index (Phi) is 6.01. The fourth-order valence-corrected chi connectivity index (χ4v) is 3.64. The molecule has 1 aromatic heterocycles. The fourth-order valence-electron chi connectivity index (χ4n) is 3.51. The summed E-state index contributed by atoms with van der Waals surface area (Å²) in [6, 6.07) is 15.0. The molecule has 0 aliphatic carbocycles. The lowest BCUT2D eigenvalue weighted by Crippen LogP contribution is -2.49. The average Bonchev–Trinajstić information content (AvgIpc) is 2.81. The molecule has 4 rings (SSSR count). The van der Waals surface area contributed by atoms with Gasteiger partial charge in [0.2, 0.25) is 5.69 Å². The first-order chi connectivity index (χ1) is 15.0. The van der Waals surface area contributed by atoms with Crippen molar-refractivity contribution in [3.05, 3.63) is 91.7 Å². The quantitative estimate of drug-likeness (QED) is 0.620. The third kappa shape index (κ3) is 4.17. The molecule has 8 nitrogen and oxygen atoms in total. The second-order valence-corrected chi connectivity index (χ2v) is 7.62. The smallest absolute Gasteiger partial charge is 0.352 e. The molecule has 9 heteroatoms. The van der Waals surface area contributed by atoms with Gasteiger partial charge in [-0.15, -0.1) is 0 Å². The van der Waals surface area contributed by atoms with Crippen LogP contribution < -0.4 is 11.2 Å². The number of halogens is 1. The van der Waals surface area contributed by atoms with Gasteiger partial charge in [-0.2, -0.15) is 9.78 Å². The SMILES string of the molecule is CC(c1ccccc1)n1c(=O)c(C(=O)N2CCOCC2)nn(-c2ccc(Cl)cc2)c1=O. The summed E-state index contributed by atoms with van der Waals surface area (Å²) in [6.07, 6.45) is 0. The molecule has 0 radical (unpaired) electrons. The highest BCUT2D eigenvalue weighted by Gasteiger charge is 2.27. The Morgan fingerprint density at radius 2 is 1.68 bits per heavy atom. The van der Waals surface area contributed by atoms with Crippen molar-refractivity contribution < 1.29 is 9.53 Å². The maximum absolute atomic E-state index is 13.3. The van der Waals surface area contributed by atoms with Crippen LogP contribution in [0.1, 0.15) is 29.0 Å². The third-order valence-electron chi connectivity index (χ3n) is 5.25. The monoisotopic (exact) mass is 440 g/mol. The molecule has 3 aromatic rings. The zero-order chi connectivity index (χ0) is 22.0. The number of carbonyl (C=O) groups excluding carboxylic acids is 1. The number of aromatic nitrogens is 3. The first-order valence-electron chi connectivity index (χ1n) is 9.91. The Morgan fingerprint density at radius 3 is 2.32 bits per heavy atom. The summed E-state index contributed by atoms with van der Waals surface area (Å²) in [4.78, 5) is 41.3. The minimum absolute atomic E-state index is 0.306. The van der Waals surface area contributed by atoms with E-state index in [1.165, 1.54) is 4.90 Å². The summed E-state index contributed by atoms with van der Waals surface area (Å²) in [5.74, 6) is -0.523. The molecule has 160 valence electrons. The molecule has 31 heavy (non-hydrogen) atoms. The van der Waals surface area contributed by atoms with Crippen LogP contribution in [0, 0.1) is 0 Å². The molecule has 1 aliphatic rings. The van der Waals surface area contributed by atoms with Crippen LogP contribution >= 0.6 is 11.6 Å². The van der Waals surface area contributed by atoms with Crippen LogP contribution in [-0.4, -0.2) is 51.5 Å². The third-order valence-corrected chi connectivity index (χ3v) is 5.50. The van der Waals surface area contributed by atoms with E-state index in [-0.39, 0.29) is 5.69 Å². The number of ether oxygens (including phenoxy) is 1. The molecule has 1 amide bonds. The topological polar surface area (TPSA) is 86.4 Å². The molecule has 0 bridgehead atoms. The molecule has 1 aliphatic heterocycles. The number of morpholine rings is 1. The molecule has 0 N–H and O–H groups in total. The van der Waals surface area contributed by atoms with Gasteiger partial charge < -0.3 is 9.64 Å². The van der Waals surface area contributed by atoms with Crippen molar-refractivity contribution in [2.75, 3.05) is 26.3 Å². The number of rotatable bonds is 4. The molecular weight excluding hydrogens is 420 g/mol. The van der Waals surface area contributed by atoms with Crippen LogP contribution in [0.4, 0.5) is 0 Å². The van der Waals surface area contributed by atoms with Gasteiger partial charge in [0.05, 0.1) is 24.9 Å². The van der Waals surface area contributed by atoms with Gasteiger partial charge in [0.1, 0.15) is 0 Å². The Balaban J connectivity index is 1.91. The molecule has 1 fully saturated rings. The first-order valence-corrected chi connectivity index (χ1v) is 10.3. The number of amides is 1. The summed E-state index contributed by atoms with van der Waals surface area (Å²) in [6.45, 7) is 3.23. The fraction of sp³-hybridized carbons (Fsp3) is 0.273. The lowest BCUT2D eigenvalue weighted by molar-refractivity contribution is 0.0295. The van der Waals surface area contributed by atoms with Crippen molar-refractivity contribution >= 4 is 17.5 Å². The normalized spacial score (nSPS) is 15.0. The molecule has 2 aromatic carbocycles. The van der Waals surface area contributed by atoms with Gasteiger partial charge in [-0.25, -0.2) is 9.36 Å². The highest BCUT2D eigenvalue weighted by molar-refractivity contribution is 6.30. The second kappa shape index (κ2) is 8.87. The molecule has 0 saturated carbocycles. The standard InChI is InChI=1S/C22H21ClN4O4/c1-15(16-5-3-2-4-6-16)26-21(29)19(20(28)25-11-13-31-14-12-25)24-27(22(26)30)18-9-7-17(23)8-10-18/h2-10,15H,11-14H2,1H3. The highest BCUT2D eigenvalue weighted by atomic mass is 35.5. The van der Waals surface area contributed by atoms with E-state index in [4.69, 9.17) is 16.3 Å². The zero-order valence-electron chi connectivity index (χ0n) is 16.9. The number of nitrogens with zero attached hydrogens (tertiary/aromatic N) is 4. The van der Waals surface area contributed by atoms with E-state index in [0.717, 1.165) is 14.8 Å². The highest BCUT2D eigenvalue weighted by Crippen LogP contribution is 2.16. The van der Waals surface area contributed by atoms with Gasteiger partial charge in [0.15, 0.2) is 0 Å². The van der Waals surface area contributed by atoms with Gasteiger partial charge in [-0.05, 0) is 36.8 Å². The largest absolute Gasteiger partial charge is 0.378 e. The molecular formula is C22H21ClN4O4. The van der Waals surface area contributed by atoms with Gasteiger partial charge in [-0.3, -0.25) is 9.59 Å². The van der Waals surface area contributed by atoms with Crippen LogP contribution in [-0.2, 0) is 4.74 Å². The lowest BCUT2D eigenvalue weighted by Gasteiger charge is -2.26. The predicted octanol–water partition coefficient (Wildman–Crippen LogP) is 2.13. The van der Waals surface area contributed by atoms with Crippen molar-refractivity contribution in [3.8, 4) is 5.69 Å². The second-order valence-electron chi connectivity index (χ2n) is 7.19. The summed E-state index contributed by atoms with van der Waals surface area (Å²) >= 11 is 5.97. The molecule has 1 atom stereocenters. The van der Waals surface area contributed by atoms with Crippen molar-refractivity contribution in [3.63, 3.8) is 0 Å². The van der Waals surface area contributed by atoms with E-state index in [0.29, 0.717) is 37.0 Å². The van der Waals surface area contributed by atoms with E-state index in [2.05, 4.69) is 5.10 Å². The summed E-state index contributed by atoms with van der Waals surface area (Å²) in [5.41, 5.74) is -0.496. The van der Waals surface area contributed by atoms with E-state index < -0.39 is 23.2 Å². The van der Waals surface area contributed by atoms with Gasteiger partial charge in [0, 0.05) is 18.1 Å². The number of carbonyl (C=O) groups is 1. The summed E-state index contributed by atoms with van der Waals surface area (Å²) in [5, 5.41) is 4.67. The van der Waals surface area contributed by atoms with E-state index in [1.54, 1.807) is 31.2 Å². The molecule has 1 unspecified atom stereocenters. The van der Waals surface area contributed by atoms with Crippen molar-refractivity contribution in [2.45, 2.75) is 13.0 Å². The molecule has 0 spiro atoms. The van der Waals surface area contributed by atoms with E-state index in [1.807, 2.05) is 30.3 Å². The lowest BCUT2D eigenvalue weighted by atomic mass is 10.1. The summed E-state index contributed by atoms with van der Waals surface area (Å²) in [7, 11) is 0. The molecule has 1 saturated heterocycles. The average molecular weight is 441 g/mol. The Labute approximate surface area is 183 Å². The van der Waals surface area contributed by atoms with Crippen LogP contribution in [0.2, 0.25) is 5.02 Å². The van der Waals surface area contributed by atoms with Crippen LogP contribution in [0.3, 0.4) is 0 Å². The van der Waals surface area contributed by atoms with Crippen molar-refractivity contribution in [1.29, 1.82) is 0 Å². The van der Waals surface area contributed by atoms with Crippen LogP contribution in [0.5, 0.6) is 0 Å². The maximum Gasteiger partial charge on any atom is 0.352 e. The Bertz CT molecular complexity index is 1200. The minimum Gasteiger partial charge on any atom is -0.378 e. The Hall–Kier alpha value is -3.23. The van der Waals surface area contributed by atoms with Gasteiger partial charge >= 0.3 is 5.69 Å². The number of benzene rings is 2. The predicted molar refractivity (Wildman–Crippen MR) is 116 cm³/mol. The first kappa shape index (κ1) is 21.0. The zero-order valence-corrected chi connectivity index (χ0v) is 17.7. The van der Waals surface area contributed by atoms with Crippen molar-refractivity contribution in [1.82, 2.24) is 19.2 Å².